The molecule has 0 nitrogen and oxygen atoms in total. The molecule has 0 aromatic rings. The van der Waals surface area contributed by atoms with Crippen molar-refractivity contribution in [2.75, 3.05) is 0 Å². The van der Waals surface area contributed by atoms with Crippen molar-refractivity contribution < 1.29 is 39.2 Å². The summed E-state index contributed by atoms with van der Waals surface area (Å²) >= 11 is 2.25. The fraction of sp³-hybridized carbons (Fsp3) is 1.00. The van der Waals surface area contributed by atoms with Crippen molar-refractivity contribution in [1.29, 1.82) is 0 Å². The molecule has 0 aliphatic heterocycles. The van der Waals surface area contributed by atoms with Gasteiger partial charge in [0.05, 0.1) is 0 Å². The van der Waals surface area contributed by atoms with E-state index < -0.39 is -5.82 Å². The van der Waals surface area contributed by atoms with Crippen LogP contribution in [0.3, 0.4) is 0 Å². The normalized spacial score (nSPS) is 11.8. The Bertz CT molecular complexity index is 25.1. The van der Waals surface area contributed by atoms with Crippen LogP contribution in [0.25, 0.3) is 0 Å². The Morgan fingerprint density at radius 3 is 1.60 bits per heavy atom. The third-order valence-corrected chi connectivity index (χ3v) is 0. The average Bonchev–Trinajstić information content (AvgIpc) is 0.722. The van der Waals surface area contributed by atoms with Crippen LogP contribution in [0.1, 0.15) is 0 Å². The van der Waals surface area contributed by atoms with Crippen LogP contribution in [-0.4, -0.2) is 45.5 Å². The molecule has 2 radical (unpaired) electrons. The first kappa shape index (κ1) is 8.83. The zero-order chi connectivity index (χ0) is 4.50. The fourth-order valence-corrected chi connectivity index (χ4v) is 0. The molecule has 0 N–H and O–H groups in total. The van der Waals surface area contributed by atoms with E-state index in [9.17, 15) is 0 Å². The topological polar surface area (TPSA) is 0 Å². The molecule has 0 aliphatic carbocycles. The van der Waals surface area contributed by atoms with Crippen molar-refractivity contribution in [1.82, 2.24) is 0 Å². The van der Waals surface area contributed by atoms with Gasteiger partial charge in [0.25, 0.3) is 0 Å². The molecule has 0 aromatic carbocycles. The summed E-state index contributed by atoms with van der Waals surface area (Å²) in [4.78, 5) is 0. The van der Waals surface area contributed by atoms with Gasteiger partial charge in [-0.15, -0.1) is 0 Å². The second-order valence-electron chi connectivity index (χ2n) is 2.29. The van der Waals surface area contributed by atoms with Crippen molar-refractivity contribution in [3.63, 3.8) is 0 Å². The van der Waals surface area contributed by atoms with E-state index in [1.165, 1.54) is 0 Å². The van der Waals surface area contributed by atoms with E-state index >= 15 is 0 Å². The SMILES string of the molecule is C[As](C)([Rb])[Ra]. The van der Waals surface area contributed by atoms with Crippen molar-refractivity contribution in [3.8, 4) is 0 Å². The van der Waals surface area contributed by atoms with Crippen LogP contribution in [-0.2, 0) is 0 Å². The van der Waals surface area contributed by atoms with Crippen molar-refractivity contribution in [2.45, 2.75) is 11.4 Å². The third-order valence-electron chi connectivity index (χ3n) is 0. The van der Waals surface area contributed by atoms with Crippen molar-refractivity contribution in [3.05, 3.63) is 0 Å². The van der Waals surface area contributed by atoms with Gasteiger partial charge in [-0.25, -0.2) is 0 Å². The van der Waals surface area contributed by atoms with Gasteiger partial charge in [-0.05, 0) is 0 Å². The van der Waals surface area contributed by atoms with E-state index in [4.69, 9.17) is 0 Å². The second kappa shape index (κ2) is 3.78. The number of hydrogen-bond acceptors (Lipinski definition) is 0. The van der Waals surface area contributed by atoms with Gasteiger partial charge in [0.1, 0.15) is 0 Å². The molecule has 0 bridgehead atoms. The molecule has 22 valence electrons. The number of rotatable bonds is 0. The second-order valence-corrected chi connectivity index (χ2v) is 150. The van der Waals surface area contributed by atoms with Crippen LogP contribution < -0.4 is 0 Å². The molecule has 0 rings (SSSR count). The molecule has 0 aliphatic rings. The van der Waals surface area contributed by atoms with Crippen molar-refractivity contribution in [2.24, 2.45) is 0 Å². The average molecular weight is 416 g/mol. The summed E-state index contributed by atoms with van der Waals surface area (Å²) in [6, 6.07) is 0. The molecule has 5 heavy (non-hydrogen) atoms. The van der Waals surface area contributed by atoms with Crippen LogP contribution in [0.5, 0.6) is 0 Å². The third kappa shape index (κ3) is 18.1. The molecule has 0 saturated heterocycles. The van der Waals surface area contributed by atoms with Gasteiger partial charge in [-0.1, -0.05) is 0 Å². The van der Waals surface area contributed by atoms with Gasteiger partial charge in [-0.2, -0.15) is 0 Å². The molecule has 0 unspecified atom stereocenters. The van der Waals surface area contributed by atoms with E-state index in [2.05, 4.69) is 11.4 Å². The maximum absolute atomic E-state index is 2.55. The molecule has 0 spiro atoms. The Hall–Kier alpha value is 3.83. The Balaban J connectivity index is 3.02. The van der Waals surface area contributed by atoms with Gasteiger partial charge in [0.15, 0.2) is 0 Å². The predicted molar refractivity (Wildman–Crippen MR) is 23.2 cm³/mol. The molecule has 0 amide bonds. The Labute approximate surface area is 91.9 Å². The first-order valence-electron chi connectivity index (χ1n) is 1.66. The zero-order valence-corrected chi connectivity index (χ0v) is 16.8. The molecular formula is C2H6AsRaRb. The van der Waals surface area contributed by atoms with E-state index in [0.29, 0.717) is 0 Å². The standard InChI is InChI=1S/C2H6As.Ra.Rb/c1-3-2;;/h1-2H3;;. The van der Waals surface area contributed by atoms with Crippen LogP contribution in [0.15, 0.2) is 0 Å². The van der Waals surface area contributed by atoms with E-state index in [1.807, 2.05) is 0 Å². The first-order chi connectivity index (χ1) is 2.00. The minimum atomic E-state index is -0.456. The van der Waals surface area contributed by atoms with E-state index in [-0.39, 0.29) is 0 Å². The van der Waals surface area contributed by atoms with Crippen LogP contribution >= 0.6 is 0 Å². The first-order valence-corrected chi connectivity index (χ1v) is 33.5. The van der Waals surface area contributed by atoms with Gasteiger partial charge >= 0.3 is 96.1 Å². The predicted octanol–water partition coefficient (Wildman–Crippen LogP) is 0.406. The Kier molecular flexibility index (Phi) is 6.68. The molecule has 0 fully saturated rings. The molecule has 0 heterocycles. The van der Waals surface area contributed by atoms with E-state index in [1.54, 1.807) is 0 Å². The van der Waals surface area contributed by atoms with Crippen LogP contribution in [0.4, 0.5) is 0 Å². The Morgan fingerprint density at radius 1 is 1.60 bits per heavy atom. The Morgan fingerprint density at radius 2 is 1.60 bits per heavy atom. The maximum atomic E-state index is 2.55. The van der Waals surface area contributed by atoms with Crippen molar-refractivity contribution >= 4 is 45.5 Å². The molecule has 0 saturated carbocycles. The molecule has 0 aromatic heterocycles. The summed E-state index contributed by atoms with van der Waals surface area (Å²) < 4.78 is -0.456. The zero-order valence-electron chi connectivity index (χ0n) is 4.15. The van der Waals surface area contributed by atoms with Crippen LogP contribution in [0.2, 0.25) is 11.4 Å². The molecule has 3 heteroatoms. The molecule has 0 atom stereocenters. The summed E-state index contributed by atoms with van der Waals surface area (Å²) in [5, 5.41) is 0. The van der Waals surface area contributed by atoms with Gasteiger partial charge in [0, 0.05) is 0 Å². The summed E-state index contributed by atoms with van der Waals surface area (Å²) in [6.07, 6.45) is 0. The minimum absolute atomic E-state index is 0.456. The van der Waals surface area contributed by atoms with Gasteiger partial charge in [-0.3, -0.25) is 0 Å². The summed E-state index contributed by atoms with van der Waals surface area (Å²) in [5.74, 6) is 0. The quantitative estimate of drug-likeness (QED) is 0.502. The van der Waals surface area contributed by atoms with Crippen LogP contribution in [0, 0.1) is 39.2 Å². The molecular weight excluding hydrogens is 410 g/mol. The number of hydrogen-bond donors (Lipinski definition) is 0. The summed E-state index contributed by atoms with van der Waals surface area (Å²) in [7, 11) is 0. The fourth-order valence-electron chi connectivity index (χ4n) is 0. The van der Waals surface area contributed by atoms with E-state index in [0.717, 1.165) is 90.5 Å². The monoisotopic (exact) mass is 416 g/mol. The summed E-state index contributed by atoms with van der Waals surface area (Å²) in [5.41, 5.74) is 5.09. The van der Waals surface area contributed by atoms with Gasteiger partial charge < -0.3 is 0 Å². The summed E-state index contributed by atoms with van der Waals surface area (Å²) in [6.45, 7) is 0. The van der Waals surface area contributed by atoms with Gasteiger partial charge in [0.2, 0.25) is 0 Å².